The molecule has 0 saturated carbocycles. The summed E-state index contributed by atoms with van der Waals surface area (Å²) in [7, 11) is -1.14. The van der Waals surface area contributed by atoms with E-state index in [1.807, 2.05) is 6.92 Å². The summed E-state index contributed by atoms with van der Waals surface area (Å²) >= 11 is 0. The first-order valence-corrected chi connectivity index (χ1v) is 10.9. The minimum Gasteiger partial charge on any atom is -0.497 e. The third-order valence-electron chi connectivity index (χ3n) is 4.59. The van der Waals surface area contributed by atoms with Crippen molar-refractivity contribution in [3.8, 4) is 11.5 Å². The minimum absolute atomic E-state index is 0.0646. The lowest BCUT2D eigenvalue weighted by atomic mass is 10.2. The van der Waals surface area contributed by atoms with Gasteiger partial charge in [-0.05, 0) is 43.3 Å². The van der Waals surface area contributed by atoms with E-state index >= 15 is 0 Å². The largest absolute Gasteiger partial charge is 0.497 e. The lowest BCUT2D eigenvalue weighted by Crippen LogP contribution is -2.40. The molecule has 0 unspecified atom stereocenters. The van der Waals surface area contributed by atoms with Crippen LogP contribution < -0.4 is 19.1 Å². The highest BCUT2D eigenvalue weighted by atomic mass is 32.2. The molecule has 9 heteroatoms. The number of aryl methyl sites for hydroxylation is 1. The van der Waals surface area contributed by atoms with Crippen LogP contribution in [0.3, 0.4) is 0 Å². The quantitative estimate of drug-likeness (QED) is 0.545. The van der Waals surface area contributed by atoms with Gasteiger partial charge in [-0.2, -0.15) is 0 Å². The third-order valence-corrected chi connectivity index (χ3v) is 6.37. The zero-order chi connectivity index (χ0) is 22.4. The fourth-order valence-corrected chi connectivity index (χ4v) is 4.34. The van der Waals surface area contributed by atoms with E-state index in [-0.39, 0.29) is 22.9 Å². The summed E-state index contributed by atoms with van der Waals surface area (Å²) in [5, 5.41) is 2.67. The highest BCUT2D eigenvalue weighted by Gasteiger charge is 2.29. The maximum atomic E-state index is 13.5. The molecule has 164 valence electrons. The Morgan fingerprint density at radius 1 is 1.06 bits per heavy atom. The molecule has 0 atom stereocenters. The van der Waals surface area contributed by atoms with Gasteiger partial charge in [-0.15, -0.1) is 0 Å². The zero-order valence-corrected chi connectivity index (χ0v) is 18.3. The fraction of sp³-hybridized carbons (Fsp3) is 0.227. The summed E-state index contributed by atoms with van der Waals surface area (Å²) in [5.41, 5.74) is 1.14. The van der Waals surface area contributed by atoms with Crippen LogP contribution in [0.5, 0.6) is 11.5 Å². The number of ether oxygens (including phenoxy) is 2. The highest BCUT2D eigenvalue weighted by molar-refractivity contribution is 7.92. The molecule has 1 heterocycles. The number of amides is 1. The Bertz CT molecular complexity index is 1130. The summed E-state index contributed by atoms with van der Waals surface area (Å²) in [6.07, 6.45) is 1.50. The van der Waals surface area contributed by atoms with Gasteiger partial charge in [-0.3, -0.25) is 9.10 Å². The lowest BCUT2D eigenvalue weighted by Gasteiger charge is -2.26. The van der Waals surface area contributed by atoms with E-state index < -0.39 is 22.5 Å². The Labute approximate surface area is 181 Å². The van der Waals surface area contributed by atoms with Gasteiger partial charge >= 0.3 is 0 Å². The first-order chi connectivity index (χ1) is 14.8. The van der Waals surface area contributed by atoms with Crippen LogP contribution in [0.1, 0.15) is 11.3 Å². The molecule has 1 amide bonds. The number of furan rings is 1. The molecule has 0 radical (unpaired) electrons. The van der Waals surface area contributed by atoms with Crippen LogP contribution in [0.2, 0.25) is 0 Å². The number of methoxy groups -OCH3 is 2. The molecule has 1 N–H and O–H groups in total. The number of rotatable bonds is 9. The SMILES string of the molecule is COc1ccc(N(CC(=O)NCc2ccco2)S(=O)(=O)c2ccc(C)cc2)c(OC)c1. The predicted octanol–water partition coefficient (Wildman–Crippen LogP) is 3.12. The second-order valence-electron chi connectivity index (χ2n) is 6.72. The molecule has 3 aromatic rings. The number of sulfonamides is 1. The van der Waals surface area contributed by atoms with Gasteiger partial charge in [0.2, 0.25) is 5.91 Å². The Balaban J connectivity index is 1.97. The van der Waals surface area contributed by atoms with Crippen molar-refractivity contribution in [2.75, 3.05) is 25.1 Å². The van der Waals surface area contributed by atoms with E-state index in [0.29, 0.717) is 11.5 Å². The van der Waals surface area contributed by atoms with Gasteiger partial charge in [0, 0.05) is 6.07 Å². The average Bonchev–Trinajstić information content (AvgIpc) is 3.29. The molecule has 0 spiro atoms. The number of nitrogens with zero attached hydrogens (tertiary/aromatic N) is 1. The normalized spacial score (nSPS) is 11.1. The average molecular weight is 445 g/mol. The number of anilines is 1. The van der Waals surface area contributed by atoms with Crippen LogP contribution in [0.15, 0.2) is 70.2 Å². The summed E-state index contributed by atoms with van der Waals surface area (Å²) in [6.45, 7) is 1.56. The van der Waals surface area contributed by atoms with Gasteiger partial charge < -0.3 is 19.2 Å². The van der Waals surface area contributed by atoms with Crippen molar-refractivity contribution in [3.63, 3.8) is 0 Å². The summed E-state index contributed by atoms with van der Waals surface area (Å²) < 4.78 is 43.8. The van der Waals surface area contributed by atoms with Crippen LogP contribution in [0, 0.1) is 6.92 Å². The molecule has 0 bridgehead atoms. The van der Waals surface area contributed by atoms with Crippen LogP contribution in [-0.2, 0) is 21.4 Å². The van der Waals surface area contributed by atoms with Crippen molar-refractivity contribution in [2.45, 2.75) is 18.4 Å². The van der Waals surface area contributed by atoms with E-state index in [4.69, 9.17) is 13.9 Å². The van der Waals surface area contributed by atoms with Gasteiger partial charge in [-0.25, -0.2) is 8.42 Å². The monoisotopic (exact) mass is 444 g/mol. The van der Waals surface area contributed by atoms with E-state index in [0.717, 1.165) is 9.87 Å². The van der Waals surface area contributed by atoms with Crippen molar-refractivity contribution >= 4 is 21.6 Å². The van der Waals surface area contributed by atoms with E-state index in [1.165, 1.54) is 32.6 Å². The number of hydrogen-bond acceptors (Lipinski definition) is 6. The Hall–Kier alpha value is -3.46. The molecule has 0 fully saturated rings. The summed E-state index contributed by atoms with van der Waals surface area (Å²) in [6, 6.07) is 14.6. The van der Waals surface area contributed by atoms with Crippen LogP contribution in [0.25, 0.3) is 0 Å². The zero-order valence-electron chi connectivity index (χ0n) is 17.5. The molecular formula is C22H24N2O6S. The van der Waals surface area contributed by atoms with Gasteiger partial charge in [-0.1, -0.05) is 17.7 Å². The molecule has 2 aromatic carbocycles. The lowest BCUT2D eigenvalue weighted by molar-refractivity contribution is -0.119. The van der Waals surface area contributed by atoms with E-state index in [2.05, 4.69) is 5.32 Å². The minimum atomic E-state index is -4.06. The van der Waals surface area contributed by atoms with Crippen LogP contribution >= 0.6 is 0 Å². The first kappa shape index (κ1) is 22.2. The fourth-order valence-electron chi connectivity index (χ4n) is 2.91. The summed E-state index contributed by atoms with van der Waals surface area (Å²) in [5.74, 6) is 0.817. The number of hydrogen-bond donors (Lipinski definition) is 1. The van der Waals surface area contributed by atoms with Crippen molar-refractivity contribution in [1.29, 1.82) is 0 Å². The number of benzene rings is 2. The molecular weight excluding hydrogens is 420 g/mol. The maximum Gasteiger partial charge on any atom is 0.264 e. The van der Waals surface area contributed by atoms with Crippen molar-refractivity contribution in [1.82, 2.24) is 5.32 Å². The summed E-state index contributed by atoms with van der Waals surface area (Å²) in [4.78, 5) is 12.7. The second kappa shape index (κ2) is 9.57. The molecule has 1 aromatic heterocycles. The van der Waals surface area contributed by atoms with Gasteiger partial charge in [0.05, 0.1) is 37.6 Å². The Morgan fingerprint density at radius 3 is 2.42 bits per heavy atom. The smallest absolute Gasteiger partial charge is 0.264 e. The van der Waals surface area contributed by atoms with Gasteiger partial charge in [0.25, 0.3) is 10.0 Å². The second-order valence-corrected chi connectivity index (χ2v) is 8.58. The molecule has 3 rings (SSSR count). The third kappa shape index (κ3) is 5.18. The molecule has 0 aliphatic rings. The first-order valence-electron chi connectivity index (χ1n) is 9.45. The van der Waals surface area contributed by atoms with Crippen molar-refractivity contribution in [2.24, 2.45) is 0 Å². The molecule has 0 aliphatic carbocycles. The Kier molecular flexibility index (Phi) is 6.86. The molecule has 0 aliphatic heterocycles. The highest BCUT2D eigenvalue weighted by Crippen LogP contribution is 2.35. The standard InChI is InChI=1S/C22H24N2O6S/c1-16-6-9-19(10-7-16)31(26,27)24(15-22(25)23-14-18-5-4-12-30-18)20-11-8-17(28-2)13-21(20)29-3/h4-13H,14-15H2,1-3H3,(H,23,25). The molecule has 8 nitrogen and oxygen atoms in total. The molecule has 0 saturated heterocycles. The van der Waals surface area contributed by atoms with Crippen molar-refractivity contribution in [3.05, 3.63) is 72.2 Å². The van der Waals surface area contributed by atoms with Crippen LogP contribution in [-0.4, -0.2) is 35.1 Å². The Morgan fingerprint density at radius 2 is 1.81 bits per heavy atom. The number of nitrogens with one attached hydrogen (secondary N) is 1. The van der Waals surface area contributed by atoms with Crippen molar-refractivity contribution < 1.29 is 27.1 Å². The predicted molar refractivity (Wildman–Crippen MR) is 116 cm³/mol. The van der Waals surface area contributed by atoms with Gasteiger partial charge in [0.15, 0.2) is 0 Å². The molecule has 31 heavy (non-hydrogen) atoms. The number of carbonyl (C=O) groups is 1. The van der Waals surface area contributed by atoms with Crippen LogP contribution in [0.4, 0.5) is 5.69 Å². The maximum absolute atomic E-state index is 13.5. The van der Waals surface area contributed by atoms with E-state index in [1.54, 1.807) is 42.5 Å². The number of carbonyl (C=O) groups excluding carboxylic acids is 1. The van der Waals surface area contributed by atoms with Gasteiger partial charge in [0.1, 0.15) is 23.8 Å². The van der Waals surface area contributed by atoms with E-state index in [9.17, 15) is 13.2 Å². The topological polar surface area (TPSA) is 98.1 Å².